The zero-order chi connectivity index (χ0) is 23.9. The van der Waals surface area contributed by atoms with Crippen LogP contribution in [-0.4, -0.2) is 40.1 Å². The highest BCUT2D eigenvalue weighted by Gasteiger charge is 2.19. The van der Waals surface area contributed by atoms with Crippen LogP contribution in [0.4, 0.5) is 5.69 Å². The number of para-hydroxylation sites is 2. The third-order valence-electron chi connectivity index (χ3n) is 4.87. The normalized spacial score (nSPS) is 10.7. The van der Waals surface area contributed by atoms with Crippen molar-refractivity contribution in [3.05, 3.63) is 77.8 Å². The van der Waals surface area contributed by atoms with Crippen LogP contribution in [0.15, 0.2) is 78.0 Å². The fraction of sp³-hybridized carbons (Fsp3) is 0.160. The number of nitrogens with zero attached hydrogens (tertiary/aromatic N) is 3. The highest BCUT2D eigenvalue weighted by Crippen LogP contribution is 2.32. The maximum absolute atomic E-state index is 12.7. The van der Waals surface area contributed by atoms with Gasteiger partial charge in [0.05, 0.1) is 30.2 Å². The van der Waals surface area contributed by atoms with Gasteiger partial charge in [-0.1, -0.05) is 47.6 Å². The second kappa shape index (κ2) is 11.1. The molecule has 4 aromatic rings. The van der Waals surface area contributed by atoms with Crippen LogP contribution < -0.4 is 14.8 Å². The predicted molar refractivity (Wildman–Crippen MR) is 135 cm³/mol. The van der Waals surface area contributed by atoms with Gasteiger partial charge >= 0.3 is 0 Å². The summed E-state index contributed by atoms with van der Waals surface area (Å²) < 4.78 is 12.8. The molecule has 1 amide bonds. The lowest BCUT2D eigenvalue weighted by molar-refractivity contribution is -0.113. The van der Waals surface area contributed by atoms with Crippen LogP contribution in [0.1, 0.15) is 6.92 Å². The Bertz CT molecular complexity index is 1280. The SMILES string of the molecule is CCOc1ccc(-n2c(SCC(=O)Nc3ccccc3OC)nnc2-c2ccccc2Cl)cc1. The highest BCUT2D eigenvalue weighted by atomic mass is 35.5. The van der Waals surface area contributed by atoms with Crippen LogP contribution in [0.25, 0.3) is 17.1 Å². The summed E-state index contributed by atoms with van der Waals surface area (Å²) in [7, 11) is 1.56. The summed E-state index contributed by atoms with van der Waals surface area (Å²) in [5.74, 6) is 1.90. The van der Waals surface area contributed by atoms with E-state index in [1.165, 1.54) is 11.8 Å². The molecule has 0 fully saturated rings. The standard InChI is InChI=1S/C25H23ClN4O3S/c1-3-33-18-14-12-17(13-15-18)30-24(19-8-4-5-9-20(19)26)28-29-25(30)34-16-23(31)27-21-10-6-7-11-22(21)32-2/h4-15H,3,16H2,1-2H3,(H,27,31). The summed E-state index contributed by atoms with van der Waals surface area (Å²) in [5.41, 5.74) is 2.19. The topological polar surface area (TPSA) is 78.3 Å². The van der Waals surface area contributed by atoms with E-state index in [1.54, 1.807) is 19.2 Å². The quantitative estimate of drug-likeness (QED) is 0.299. The molecule has 0 aliphatic carbocycles. The largest absolute Gasteiger partial charge is 0.495 e. The first-order chi connectivity index (χ1) is 16.6. The zero-order valence-corrected chi connectivity index (χ0v) is 20.3. The van der Waals surface area contributed by atoms with Gasteiger partial charge in [0.1, 0.15) is 11.5 Å². The Labute approximate surface area is 207 Å². The van der Waals surface area contributed by atoms with E-state index in [-0.39, 0.29) is 11.7 Å². The molecule has 4 rings (SSSR count). The molecule has 0 saturated carbocycles. The number of anilines is 1. The summed E-state index contributed by atoms with van der Waals surface area (Å²) in [6.07, 6.45) is 0. The summed E-state index contributed by atoms with van der Waals surface area (Å²) in [4.78, 5) is 12.7. The molecule has 3 aromatic carbocycles. The van der Waals surface area contributed by atoms with Crippen LogP contribution in [0.5, 0.6) is 11.5 Å². The van der Waals surface area contributed by atoms with E-state index in [0.29, 0.717) is 34.0 Å². The van der Waals surface area contributed by atoms with E-state index in [2.05, 4.69) is 15.5 Å². The molecule has 1 heterocycles. The number of carbonyl (C=O) groups excluding carboxylic acids is 1. The predicted octanol–water partition coefficient (Wildman–Crippen LogP) is 5.73. The molecule has 34 heavy (non-hydrogen) atoms. The number of hydrogen-bond donors (Lipinski definition) is 1. The summed E-state index contributed by atoms with van der Waals surface area (Å²) >= 11 is 7.74. The van der Waals surface area contributed by atoms with E-state index in [0.717, 1.165) is 17.0 Å². The number of aromatic nitrogens is 3. The van der Waals surface area contributed by atoms with E-state index in [4.69, 9.17) is 21.1 Å². The molecule has 0 atom stereocenters. The smallest absolute Gasteiger partial charge is 0.234 e. The van der Waals surface area contributed by atoms with Crippen LogP contribution in [0.2, 0.25) is 5.02 Å². The molecule has 7 nitrogen and oxygen atoms in total. The number of nitrogens with one attached hydrogen (secondary N) is 1. The number of amides is 1. The Morgan fingerprint density at radius 3 is 2.50 bits per heavy atom. The third-order valence-corrected chi connectivity index (χ3v) is 6.13. The average Bonchev–Trinajstić information content (AvgIpc) is 3.28. The number of carbonyl (C=O) groups is 1. The molecule has 0 bridgehead atoms. The maximum Gasteiger partial charge on any atom is 0.234 e. The van der Waals surface area contributed by atoms with E-state index in [1.807, 2.05) is 72.2 Å². The monoisotopic (exact) mass is 494 g/mol. The first-order valence-corrected chi connectivity index (χ1v) is 12.0. The minimum Gasteiger partial charge on any atom is -0.495 e. The van der Waals surface area contributed by atoms with Gasteiger partial charge < -0.3 is 14.8 Å². The lowest BCUT2D eigenvalue weighted by Gasteiger charge is -2.12. The van der Waals surface area contributed by atoms with Crippen molar-refractivity contribution in [2.75, 3.05) is 24.8 Å². The molecule has 1 aromatic heterocycles. The number of rotatable bonds is 9. The van der Waals surface area contributed by atoms with Crippen LogP contribution in [0, 0.1) is 0 Å². The highest BCUT2D eigenvalue weighted by molar-refractivity contribution is 7.99. The summed E-state index contributed by atoms with van der Waals surface area (Å²) in [6, 6.07) is 22.3. The van der Waals surface area contributed by atoms with Crippen LogP contribution in [-0.2, 0) is 4.79 Å². The number of thioether (sulfide) groups is 1. The van der Waals surface area contributed by atoms with Gasteiger partial charge in [-0.15, -0.1) is 10.2 Å². The van der Waals surface area contributed by atoms with Crippen LogP contribution >= 0.6 is 23.4 Å². The van der Waals surface area contributed by atoms with Gasteiger partial charge in [-0.2, -0.15) is 0 Å². The number of halogens is 1. The minimum absolute atomic E-state index is 0.135. The first kappa shape index (κ1) is 23.7. The Morgan fingerprint density at radius 1 is 1.03 bits per heavy atom. The molecule has 0 unspecified atom stereocenters. The second-order valence-electron chi connectivity index (χ2n) is 7.09. The molecule has 0 aliphatic heterocycles. The van der Waals surface area contributed by atoms with Crippen molar-refractivity contribution in [3.63, 3.8) is 0 Å². The van der Waals surface area contributed by atoms with E-state index >= 15 is 0 Å². The van der Waals surface area contributed by atoms with Gasteiger partial charge in [0.25, 0.3) is 0 Å². The number of methoxy groups -OCH3 is 1. The van der Waals surface area contributed by atoms with Gasteiger partial charge in [0.15, 0.2) is 11.0 Å². The molecule has 9 heteroatoms. The van der Waals surface area contributed by atoms with E-state index < -0.39 is 0 Å². The molecule has 0 aliphatic rings. The van der Waals surface area contributed by atoms with Crippen molar-refractivity contribution in [3.8, 4) is 28.6 Å². The fourth-order valence-corrected chi connectivity index (χ4v) is 4.31. The number of hydrogen-bond acceptors (Lipinski definition) is 6. The average molecular weight is 495 g/mol. The maximum atomic E-state index is 12.7. The molecular formula is C25H23ClN4O3S. The van der Waals surface area contributed by atoms with Gasteiger partial charge in [-0.3, -0.25) is 9.36 Å². The second-order valence-corrected chi connectivity index (χ2v) is 8.44. The lowest BCUT2D eigenvalue weighted by atomic mass is 10.2. The Hall–Kier alpha value is -3.49. The molecule has 0 spiro atoms. The van der Waals surface area contributed by atoms with Crippen LogP contribution in [0.3, 0.4) is 0 Å². The third kappa shape index (κ3) is 5.35. The van der Waals surface area contributed by atoms with Gasteiger partial charge in [-0.05, 0) is 55.5 Å². The molecule has 0 radical (unpaired) electrons. The summed E-state index contributed by atoms with van der Waals surface area (Å²) in [6.45, 7) is 2.52. The van der Waals surface area contributed by atoms with Crippen molar-refractivity contribution in [2.45, 2.75) is 12.1 Å². The van der Waals surface area contributed by atoms with Crippen molar-refractivity contribution < 1.29 is 14.3 Å². The Kier molecular flexibility index (Phi) is 7.72. The van der Waals surface area contributed by atoms with Crippen molar-refractivity contribution in [1.29, 1.82) is 0 Å². The molecule has 174 valence electrons. The minimum atomic E-state index is -0.185. The van der Waals surface area contributed by atoms with E-state index in [9.17, 15) is 4.79 Å². The van der Waals surface area contributed by atoms with Crippen molar-refractivity contribution in [2.24, 2.45) is 0 Å². The van der Waals surface area contributed by atoms with Crippen molar-refractivity contribution >= 4 is 35.0 Å². The lowest BCUT2D eigenvalue weighted by Crippen LogP contribution is -2.15. The van der Waals surface area contributed by atoms with Gasteiger partial charge in [0.2, 0.25) is 5.91 Å². The number of benzene rings is 3. The fourth-order valence-electron chi connectivity index (χ4n) is 3.34. The Morgan fingerprint density at radius 2 is 1.76 bits per heavy atom. The van der Waals surface area contributed by atoms with Gasteiger partial charge in [-0.25, -0.2) is 0 Å². The molecule has 1 N–H and O–H groups in total. The zero-order valence-electron chi connectivity index (χ0n) is 18.7. The van der Waals surface area contributed by atoms with Crippen molar-refractivity contribution in [1.82, 2.24) is 14.8 Å². The Balaban J connectivity index is 1.62. The molecule has 0 saturated heterocycles. The first-order valence-electron chi connectivity index (χ1n) is 10.6. The molecular weight excluding hydrogens is 472 g/mol. The number of ether oxygens (including phenoxy) is 2. The summed E-state index contributed by atoms with van der Waals surface area (Å²) in [5, 5.41) is 12.8. The van der Waals surface area contributed by atoms with Gasteiger partial charge in [0, 0.05) is 11.3 Å².